The van der Waals surface area contributed by atoms with Gasteiger partial charge >= 0.3 is 0 Å². The third-order valence-electron chi connectivity index (χ3n) is 3.37. The van der Waals surface area contributed by atoms with Crippen molar-refractivity contribution in [1.29, 1.82) is 0 Å². The van der Waals surface area contributed by atoms with E-state index in [0.717, 1.165) is 20.5 Å². The Bertz CT molecular complexity index is 878. The minimum Gasteiger partial charge on any atom is -0.310 e. The van der Waals surface area contributed by atoms with Crippen LogP contribution in [0.3, 0.4) is 0 Å². The molecule has 0 aliphatic carbocycles. The zero-order chi connectivity index (χ0) is 16.4. The smallest absolute Gasteiger partial charge is 0.235 e. The molecule has 1 aromatic carbocycles. The van der Waals surface area contributed by atoms with Crippen LogP contribution in [0.15, 0.2) is 46.0 Å². The van der Waals surface area contributed by atoms with E-state index in [1.165, 1.54) is 11.8 Å². The number of hydrogen-bond donors (Lipinski definition) is 1. The highest BCUT2D eigenvalue weighted by molar-refractivity contribution is 9.10. The molecule has 3 rings (SSSR count). The van der Waals surface area contributed by atoms with Gasteiger partial charge in [-0.15, -0.1) is 11.8 Å². The highest BCUT2D eigenvalue weighted by Gasteiger charge is 2.09. The fraction of sp³-hybridized carbons (Fsp3) is 0.188. The molecule has 2 aromatic heterocycles. The second-order valence-electron chi connectivity index (χ2n) is 5.14. The Morgan fingerprint density at radius 2 is 2.09 bits per heavy atom. The van der Waals surface area contributed by atoms with E-state index in [9.17, 15) is 4.79 Å². The molecule has 0 atom stereocenters. The number of fused-ring (bicyclic) bond motifs is 1. The molecule has 1 amide bonds. The summed E-state index contributed by atoms with van der Waals surface area (Å²) in [6.45, 7) is 4.08. The summed E-state index contributed by atoms with van der Waals surface area (Å²) in [6, 6.07) is 7.69. The van der Waals surface area contributed by atoms with Crippen LogP contribution in [-0.2, 0) is 4.79 Å². The lowest BCUT2D eigenvalue weighted by molar-refractivity contribution is -0.113. The standard InChI is InChI=1S/C16H15BrN4OS/c1-10-8-13(11(2)7-12(10)17)23-9-16(22)20-15-3-5-18-14-4-6-19-21(14)15/h3-8H,9H2,1-2H3,(H,20,22). The first kappa shape index (κ1) is 16.0. The summed E-state index contributed by atoms with van der Waals surface area (Å²) < 4.78 is 2.69. The molecule has 0 bridgehead atoms. The van der Waals surface area contributed by atoms with Crippen molar-refractivity contribution in [1.82, 2.24) is 14.6 Å². The van der Waals surface area contributed by atoms with Gasteiger partial charge < -0.3 is 5.32 Å². The van der Waals surface area contributed by atoms with Crippen LogP contribution in [0.5, 0.6) is 0 Å². The van der Waals surface area contributed by atoms with E-state index in [-0.39, 0.29) is 5.91 Å². The number of aryl methyl sites for hydroxylation is 2. The molecule has 7 heteroatoms. The van der Waals surface area contributed by atoms with Crippen LogP contribution in [0.4, 0.5) is 5.82 Å². The Morgan fingerprint density at radius 1 is 1.26 bits per heavy atom. The van der Waals surface area contributed by atoms with Gasteiger partial charge in [-0.05, 0) is 43.2 Å². The number of nitrogens with zero attached hydrogens (tertiary/aromatic N) is 3. The predicted molar refractivity (Wildman–Crippen MR) is 96.0 cm³/mol. The molecule has 0 radical (unpaired) electrons. The maximum absolute atomic E-state index is 12.2. The molecular weight excluding hydrogens is 376 g/mol. The normalized spacial score (nSPS) is 10.9. The van der Waals surface area contributed by atoms with Gasteiger partial charge in [0.15, 0.2) is 5.65 Å². The van der Waals surface area contributed by atoms with E-state index in [4.69, 9.17) is 0 Å². The molecule has 1 N–H and O–H groups in total. The van der Waals surface area contributed by atoms with Gasteiger partial charge in [0.1, 0.15) is 5.82 Å². The van der Waals surface area contributed by atoms with Crippen molar-refractivity contribution in [3.05, 3.63) is 52.3 Å². The second kappa shape index (κ2) is 6.72. The number of anilines is 1. The van der Waals surface area contributed by atoms with Crippen LogP contribution in [0.2, 0.25) is 0 Å². The van der Waals surface area contributed by atoms with Gasteiger partial charge in [0.25, 0.3) is 0 Å². The molecule has 0 saturated carbocycles. The van der Waals surface area contributed by atoms with Crippen LogP contribution in [0, 0.1) is 13.8 Å². The molecular formula is C16H15BrN4OS. The Labute approximate surface area is 146 Å². The van der Waals surface area contributed by atoms with Gasteiger partial charge in [-0.1, -0.05) is 15.9 Å². The summed E-state index contributed by atoms with van der Waals surface area (Å²) in [4.78, 5) is 17.5. The van der Waals surface area contributed by atoms with Crippen molar-refractivity contribution in [2.24, 2.45) is 0 Å². The van der Waals surface area contributed by atoms with Crippen molar-refractivity contribution >= 4 is 45.1 Å². The maximum atomic E-state index is 12.2. The first-order chi connectivity index (χ1) is 11.0. The molecule has 0 fully saturated rings. The first-order valence-electron chi connectivity index (χ1n) is 7.03. The summed E-state index contributed by atoms with van der Waals surface area (Å²) in [6.07, 6.45) is 3.31. The summed E-state index contributed by atoms with van der Waals surface area (Å²) in [5.74, 6) is 0.889. The van der Waals surface area contributed by atoms with Crippen molar-refractivity contribution in [2.45, 2.75) is 18.7 Å². The summed E-state index contributed by atoms with van der Waals surface area (Å²) in [5.41, 5.74) is 3.01. The average molecular weight is 391 g/mol. The van der Waals surface area contributed by atoms with Crippen LogP contribution >= 0.6 is 27.7 Å². The van der Waals surface area contributed by atoms with Gasteiger partial charge in [-0.2, -0.15) is 9.61 Å². The number of rotatable bonds is 4. The molecule has 0 spiro atoms. The quantitative estimate of drug-likeness (QED) is 0.687. The molecule has 23 heavy (non-hydrogen) atoms. The lowest BCUT2D eigenvalue weighted by Crippen LogP contribution is -2.16. The van der Waals surface area contributed by atoms with E-state index < -0.39 is 0 Å². The lowest BCUT2D eigenvalue weighted by Gasteiger charge is -2.09. The SMILES string of the molecule is Cc1cc(SCC(=O)Nc2ccnc3ccnn23)c(C)cc1Br. The number of amides is 1. The summed E-state index contributed by atoms with van der Waals surface area (Å²) in [7, 11) is 0. The van der Waals surface area contributed by atoms with Gasteiger partial charge in [0.05, 0.1) is 11.9 Å². The number of halogens is 1. The number of carbonyl (C=O) groups excluding carboxylic acids is 1. The van der Waals surface area contributed by atoms with E-state index in [0.29, 0.717) is 17.2 Å². The zero-order valence-electron chi connectivity index (χ0n) is 12.7. The van der Waals surface area contributed by atoms with Crippen molar-refractivity contribution < 1.29 is 4.79 Å². The Balaban J connectivity index is 1.68. The van der Waals surface area contributed by atoms with Crippen molar-refractivity contribution in [2.75, 3.05) is 11.1 Å². The molecule has 0 aliphatic rings. The number of benzene rings is 1. The molecule has 0 aliphatic heterocycles. The predicted octanol–water partition coefficient (Wildman–Crippen LogP) is 3.84. The number of aromatic nitrogens is 3. The van der Waals surface area contributed by atoms with Crippen LogP contribution in [0.25, 0.3) is 5.65 Å². The third kappa shape index (κ3) is 3.56. The van der Waals surface area contributed by atoms with Crippen molar-refractivity contribution in [3.63, 3.8) is 0 Å². The Kier molecular flexibility index (Phi) is 4.68. The average Bonchev–Trinajstić information content (AvgIpc) is 2.99. The minimum atomic E-state index is -0.0713. The molecule has 118 valence electrons. The largest absolute Gasteiger partial charge is 0.310 e. The van der Waals surface area contributed by atoms with E-state index >= 15 is 0 Å². The molecule has 2 heterocycles. The van der Waals surface area contributed by atoms with Gasteiger partial charge in [0, 0.05) is 21.6 Å². The van der Waals surface area contributed by atoms with Gasteiger partial charge in [-0.3, -0.25) is 4.79 Å². The van der Waals surface area contributed by atoms with Gasteiger partial charge in [-0.25, -0.2) is 4.98 Å². The number of carbonyl (C=O) groups is 1. The molecule has 0 unspecified atom stereocenters. The van der Waals surface area contributed by atoms with E-state index in [1.54, 1.807) is 29.0 Å². The fourth-order valence-corrected chi connectivity index (χ4v) is 3.52. The Morgan fingerprint density at radius 3 is 2.91 bits per heavy atom. The number of hydrogen-bond acceptors (Lipinski definition) is 4. The fourth-order valence-electron chi connectivity index (χ4n) is 2.16. The monoisotopic (exact) mass is 390 g/mol. The molecule has 3 aromatic rings. The Hall–Kier alpha value is -1.86. The molecule has 0 saturated heterocycles. The topological polar surface area (TPSA) is 59.3 Å². The third-order valence-corrected chi connectivity index (χ3v) is 5.38. The van der Waals surface area contributed by atoms with E-state index in [1.807, 2.05) is 13.8 Å². The van der Waals surface area contributed by atoms with Crippen molar-refractivity contribution in [3.8, 4) is 0 Å². The maximum Gasteiger partial charge on any atom is 0.235 e. The highest BCUT2D eigenvalue weighted by Crippen LogP contribution is 2.28. The first-order valence-corrected chi connectivity index (χ1v) is 8.80. The minimum absolute atomic E-state index is 0.0713. The van der Waals surface area contributed by atoms with Gasteiger partial charge in [0.2, 0.25) is 5.91 Å². The summed E-state index contributed by atoms with van der Waals surface area (Å²) in [5, 5.41) is 7.03. The highest BCUT2D eigenvalue weighted by atomic mass is 79.9. The number of nitrogens with one attached hydrogen (secondary N) is 1. The lowest BCUT2D eigenvalue weighted by atomic mass is 10.2. The van der Waals surface area contributed by atoms with Crippen LogP contribution < -0.4 is 5.32 Å². The molecule has 5 nitrogen and oxygen atoms in total. The second-order valence-corrected chi connectivity index (χ2v) is 7.01. The zero-order valence-corrected chi connectivity index (χ0v) is 15.1. The van der Waals surface area contributed by atoms with E-state index in [2.05, 4.69) is 43.5 Å². The number of thioether (sulfide) groups is 1. The summed E-state index contributed by atoms with van der Waals surface area (Å²) >= 11 is 5.05. The van der Waals surface area contributed by atoms with Crippen LogP contribution in [-0.4, -0.2) is 26.3 Å². The van der Waals surface area contributed by atoms with Crippen LogP contribution in [0.1, 0.15) is 11.1 Å².